The first kappa shape index (κ1) is 20.9. The van der Waals surface area contributed by atoms with E-state index in [2.05, 4.69) is 26.1 Å². The van der Waals surface area contributed by atoms with Gasteiger partial charge in [-0.3, -0.25) is 10.1 Å². The number of nitro benzene ring substituents is 1. The highest BCUT2D eigenvalue weighted by molar-refractivity contribution is 7.90. The predicted octanol–water partition coefficient (Wildman–Crippen LogP) is 3.44. The summed E-state index contributed by atoms with van der Waals surface area (Å²) in [5, 5.41) is 24.6. The largest absolute Gasteiger partial charge is 0.387 e. The van der Waals surface area contributed by atoms with Crippen LogP contribution < -0.4 is 5.32 Å². The molecule has 0 amide bonds. The van der Waals surface area contributed by atoms with Gasteiger partial charge < -0.3 is 10.4 Å². The highest BCUT2D eigenvalue weighted by Gasteiger charge is 2.26. The lowest BCUT2D eigenvalue weighted by Gasteiger charge is -2.20. The number of hydrogen-bond donors (Lipinski definition) is 2. The Bertz CT molecular complexity index is 932. The first-order valence-corrected chi connectivity index (χ1v) is 10.3. The molecule has 0 spiro atoms. The minimum absolute atomic E-state index is 0.00290. The summed E-state index contributed by atoms with van der Waals surface area (Å²) in [4.78, 5) is 10.3. The summed E-state index contributed by atoms with van der Waals surface area (Å²) in [7, 11) is -3.75. The molecule has 0 heterocycles. The van der Waals surface area contributed by atoms with Gasteiger partial charge in [0.1, 0.15) is 10.6 Å². The number of sulfone groups is 1. The maximum Gasteiger partial charge on any atom is 0.310 e. The Morgan fingerprint density at radius 1 is 1.15 bits per heavy atom. The van der Waals surface area contributed by atoms with E-state index in [1.807, 2.05) is 24.3 Å². The van der Waals surface area contributed by atoms with Gasteiger partial charge in [0, 0.05) is 12.8 Å². The average molecular weight is 392 g/mol. The van der Waals surface area contributed by atoms with Gasteiger partial charge in [0.2, 0.25) is 0 Å². The van der Waals surface area contributed by atoms with Gasteiger partial charge >= 0.3 is 5.69 Å². The number of rotatable bonds is 6. The molecule has 2 aromatic rings. The highest BCUT2D eigenvalue weighted by Crippen LogP contribution is 2.32. The van der Waals surface area contributed by atoms with Crippen molar-refractivity contribution >= 4 is 21.2 Å². The molecule has 0 aliphatic rings. The molecule has 0 aliphatic heterocycles. The third-order valence-electron chi connectivity index (χ3n) is 4.23. The minimum Gasteiger partial charge on any atom is -0.387 e. The topological polar surface area (TPSA) is 110 Å². The molecule has 0 saturated heterocycles. The molecule has 2 N–H and O–H groups in total. The summed E-state index contributed by atoms with van der Waals surface area (Å²) in [6.07, 6.45) is 0.0191. The summed E-state index contributed by atoms with van der Waals surface area (Å²) < 4.78 is 23.6. The Balaban J connectivity index is 2.22. The summed E-state index contributed by atoms with van der Waals surface area (Å²) in [5.74, 6) is 0. The van der Waals surface area contributed by atoms with Gasteiger partial charge in [0.15, 0.2) is 9.84 Å². The van der Waals surface area contributed by atoms with Crippen molar-refractivity contribution in [1.82, 2.24) is 0 Å². The second-order valence-electron chi connectivity index (χ2n) is 7.45. The van der Waals surface area contributed by atoms with Crippen LogP contribution in [0, 0.1) is 10.1 Å². The Hall–Kier alpha value is -2.45. The number of nitrogens with zero attached hydrogens (tertiary/aromatic N) is 1. The quantitative estimate of drug-likeness (QED) is 0.576. The number of para-hydroxylation sites is 1. The monoisotopic (exact) mass is 392 g/mol. The molecule has 2 aromatic carbocycles. The molecule has 7 nitrogen and oxygen atoms in total. The van der Waals surface area contributed by atoms with E-state index in [0.717, 1.165) is 11.8 Å². The van der Waals surface area contributed by atoms with Crippen LogP contribution >= 0.6 is 0 Å². The predicted molar refractivity (Wildman–Crippen MR) is 105 cm³/mol. The fraction of sp³-hybridized carbons (Fsp3) is 0.368. The first-order valence-electron chi connectivity index (χ1n) is 8.41. The number of hydrogen-bond acceptors (Lipinski definition) is 6. The second-order valence-corrected chi connectivity index (χ2v) is 9.43. The van der Waals surface area contributed by atoms with Crippen LogP contribution in [-0.4, -0.2) is 31.2 Å². The molecule has 0 saturated carbocycles. The van der Waals surface area contributed by atoms with Crippen molar-refractivity contribution < 1.29 is 18.4 Å². The standard InChI is InChI=1S/C19H24N2O5S/c1-19(2,3)14-10-8-13(9-11-14)16(22)12-20-15-6-5-7-17(27(4,25)26)18(15)21(23)24/h5-11,16,20,22H,12H2,1-4H3. The zero-order valence-electron chi connectivity index (χ0n) is 15.8. The zero-order chi connectivity index (χ0) is 20.4. The number of nitrogens with one attached hydrogen (secondary N) is 1. The smallest absolute Gasteiger partial charge is 0.310 e. The molecule has 2 rings (SSSR count). The lowest BCUT2D eigenvalue weighted by molar-refractivity contribution is -0.386. The van der Waals surface area contributed by atoms with Crippen molar-refractivity contribution in [3.8, 4) is 0 Å². The summed E-state index contributed by atoms with van der Waals surface area (Å²) >= 11 is 0. The Labute approximate surface area is 159 Å². The third-order valence-corrected chi connectivity index (χ3v) is 5.36. The maximum atomic E-state index is 11.8. The van der Waals surface area contributed by atoms with Crippen molar-refractivity contribution in [3.05, 3.63) is 63.7 Å². The van der Waals surface area contributed by atoms with Gasteiger partial charge in [-0.15, -0.1) is 0 Å². The zero-order valence-corrected chi connectivity index (χ0v) is 16.6. The average Bonchev–Trinajstić information content (AvgIpc) is 2.57. The SMILES string of the molecule is CC(C)(C)c1ccc(C(O)CNc2cccc(S(C)(=O)=O)c2[N+](=O)[O-])cc1. The maximum absolute atomic E-state index is 11.8. The Morgan fingerprint density at radius 3 is 2.22 bits per heavy atom. The van der Waals surface area contributed by atoms with Gasteiger partial charge in [-0.25, -0.2) is 8.42 Å². The number of aliphatic hydroxyl groups is 1. The van der Waals surface area contributed by atoms with E-state index in [4.69, 9.17) is 0 Å². The summed E-state index contributed by atoms with van der Waals surface area (Å²) in [6, 6.07) is 11.5. The molecular formula is C19H24N2O5S. The third kappa shape index (κ3) is 5.05. The molecule has 0 aliphatic carbocycles. The van der Waals surface area contributed by atoms with Crippen LogP contribution in [0.4, 0.5) is 11.4 Å². The Morgan fingerprint density at radius 2 is 1.74 bits per heavy atom. The molecule has 27 heavy (non-hydrogen) atoms. The lowest BCUT2D eigenvalue weighted by atomic mass is 9.86. The van der Waals surface area contributed by atoms with Crippen LogP contribution in [0.15, 0.2) is 47.4 Å². The van der Waals surface area contributed by atoms with E-state index in [1.54, 1.807) is 0 Å². The van der Waals surface area contributed by atoms with Crippen LogP contribution in [0.1, 0.15) is 38.0 Å². The molecule has 146 valence electrons. The summed E-state index contributed by atoms with van der Waals surface area (Å²) in [5.41, 5.74) is 1.32. The van der Waals surface area contributed by atoms with Crippen LogP contribution in [0.25, 0.3) is 0 Å². The number of anilines is 1. The van der Waals surface area contributed by atoms with Crippen molar-refractivity contribution in [2.24, 2.45) is 0 Å². The fourth-order valence-corrected chi connectivity index (χ4v) is 3.54. The van der Waals surface area contributed by atoms with Gasteiger partial charge in [-0.1, -0.05) is 51.1 Å². The molecular weight excluding hydrogens is 368 g/mol. The number of benzene rings is 2. The fourth-order valence-electron chi connectivity index (χ4n) is 2.68. The van der Waals surface area contributed by atoms with Gasteiger partial charge in [-0.2, -0.15) is 0 Å². The summed E-state index contributed by atoms with van der Waals surface area (Å²) in [6.45, 7) is 6.28. The van der Waals surface area contributed by atoms with Gasteiger partial charge in [0.05, 0.1) is 11.0 Å². The molecule has 8 heteroatoms. The first-order chi connectivity index (χ1) is 12.4. The van der Waals surface area contributed by atoms with E-state index < -0.39 is 26.6 Å². The van der Waals surface area contributed by atoms with Gasteiger partial charge in [-0.05, 0) is 28.7 Å². The molecule has 0 fully saturated rings. The van der Waals surface area contributed by atoms with E-state index in [1.165, 1.54) is 18.2 Å². The number of aliphatic hydroxyl groups excluding tert-OH is 1. The van der Waals surface area contributed by atoms with Crippen molar-refractivity contribution in [2.75, 3.05) is 18.1 Å². The number of nitro groups is 1. The lowest BCUT2D eigenvalue weighted by Crippen LogP contribution is -2.15. The molecule has 1 atom stereocenters. The molecule has 0 radical (unpaired) electrons. The van der Waals surface area contributed by atoms with Crippen LogP contribution in [0.5, 0.6) is 0 Å². The highest BCUT2D eigenvalue weighted by atomic mass is 32.2. The molecule has 0 bridgehead atoms. The van der Waals surface area contributed by atoms with Crippen molar-refractivity contribution in [1.29, 1.82) is 0 Å². The van der Waals surface area contributed by atoms with E-state index in [9.17, 15) is 23.6 Å². The second kappa shape index (κ2) is 7.66. The van der Waals surface area contributed by atoms with Crippen molar-refractivity contribution in [3.63, 3.8) is 0 Å². The van der Waals surface area contributed by atoms with E-state index in [-0.39, 0.29) is 22.5 Å². The van der Waals surface area contributed by atoms with E-state index >= 15 is 0 Å². The van der Waals surface area contributed by atoms with E-state index in [0.29, 0.717) is 5.56 Å². The van der Waals surface area contributed by atoms with Gasteiger partial charge in [0.25, 0.3) is 0 Å². The van der Waals surface area contributed by atoms with Crippen LogP contribution in [-0.2, 0) is 15.3 Å². The molecule has 0 aromatic heterocycles. The Kier molecular flexibility index (Phi) is 5.91. The van der Waals surface area contributed by atoms with Crippen LogP contribution in [0.3, 0.4) is 0 Å². The molecule has 1 unspecified atom stereocenters. The minimum atomic E-state index is -3.75. The van der Waals surface area contributed by atoms with Crippen molar-refractivity contribution in [2.45, 2.75) is 37.2 Å². The van der Waals surface area contributed by atoms with Crippen LogP contribution in [0.2, 0.25) is 0 Å². The normalized spacial score (nSPS) is 13.2.